The van der Waals surface area contributed by atoms with Gasteiger partial charge in [0.15, 0.2) is 0 Å². The Bertz CT molecular complexity index is 795. The highest BCUT2D eigenvalue weighted by Crippen LogP contribution is 2.54. The first-order valence-corrected chi connectivity index (χ1v) is 7.99. The first-order chi connectivity index (χ1) is 11.3. The summed E-state index contributed by atoms with van der Waals surface area (Å²) in [5.41, 5.74) is 2.06. The summed E-state index contributed by atoms with van der Waals surface area (Å²) in [4.78, 5) is 8.52. The van der Waals surface area contributed by atoms with E-state index in [1.807, 2.05) is 53.2 Å². The first kappa shape index (κ1) is 14.4. The molecule has 5 nitrogen and oxygen atoms in total. The van der Waals surface area contributed by atoms with Crippen molar-refractivity contribution in [3.8, 4) is 0 Å². The summed E-state index contributed by atoms with van der Waals surface area (Å²) < 4.78 is 1.99. The normalized spacial score (nSPS) is 17.3. The molecular formula is C18H20N4O. The number of nitrogens with one attached hydrogen (secondary N) is 1. The van der Waals surface area contributed by atoms with Crippen molar-refractivity contribution in [2.75, 3.05) is 6.54 Å². The predicted molar refractivity (Wildman–Crippen MR) is 87.8 cm³/mol. The van der Waals surface area contributed by atoms with E-state index in [4.69, 9.17) is 0 Å². The Balaban J connectivity index is 1.41. The van der Waals surface area contributed by atoms with Crippen molar-refractivity contribution in [2.24, 2.45) is 5.41 Å². The predicted octanol–water partition coefficient (Wildman–Crippen LogP) is 2.33. The molecule has 3 aromatic rings. The van der Waals surface area contributed by atoms with E-state index >= 15 is 0 Å². The molecule has 4 rings (SSSR count). The minimum Gasteiger partial charge on any atom is -0.388 e. The second kappa shape index (κ2) is 5.76. The van der Waals surface area contributed by atoms with Gasteiger partial charge in [-0.15, -0.1) is 0 Å². The Kier molecular flexibility index (Phi) is 3.59. The molecule has 2 heterocycles. The van der Waals surface area contributed by atoms with Crippen molar-refractivity contribution in [3.05, 3.63) is 66.2 Å². The minimum absolute atomic E-state index is 0.0277. The Hall–Kier alpha value is -2.24. The Labute approximate surface area is 135 Å². The van der Waals surface area contributed by atoms with Gasteiger partial charge in [-0.1, -0.05) is 30.3 Å². The van der Waals surface area contributed by atoms with E-state index in [9.17, 15) is 5.11 Å². The van der Waals surface area contributed by atoms with Gasteiger partial charge in [-0.3, -0.25) is 4.40 Å². The molecule has 0 aliphatic heterocycles. The van der Waals surface area contributed by atoms with Crippen LogP contribution in [-0.2, 0) is 6.54 Å². The standard InChI is InChI=1S/C18H20N4O/c23-16(14-5-2-1-3-6-14)18(7-8-18)13-19-11-15-12-21-17-20-9-4-10-22(15)17/h1-6,9-10,12,16,19,23H,7-8,11,13H2. The zero-order chi connectivity index (χ0) is 15.7. The van der Waals surface area contributed by atoms with E-state index in [0.717, 1.165) is 43.0 Å². The van der Waals surface area contributed by atoms with Crippen LogP contribution in [-0.4, -0.2) is 26.0 Å². The lowest BCUT2D eigenvalue weighted by atomic mass is 9.92. The monoisotopic (exact) mass is 308 g/mol. The topological polar surface area (TPSA) is 62.5 Å². The first-order valence-electron chi connectivity index (χ1n) is 7.99. The molecule has 118 valence electrons. The van der Waals surface area contributed by atoms with Gasteiger partial charge in [-0.25, -0.2) is 9.97 Å². The van der Waals surface area contributed by atoms with Crippen LogP contribution >= 0.6 is 0 Å². The van der Waals surface area contributed by atoms with E-state index in [-0.39, 0.29) is 5.41 Å². The Morgan fingerprint density at radius 1 is 1.17 bits per heavy atom. The molecule has 0 radical (unpaired) electrons. The van der Waals surface area contributed by atoms with Gasteiger partial charge in [-0.2, -0.15) is 0 Å². The highest BCUT2D eigenvalue weighted by molar-refractivity contribution is 5.30. The molecule has 1 unspecified atom stereocenters. The lowest BCUT2D eigenvalue weighted by Crippen LogP contribution is -2.28. The molecule has 0 amide bonds. The quantitative estimate of drug-likeness (QED) is 0.734. The van der Waals surface area contributed by atoms with Gasteiger partial charge in [0.05, 0.1) is 18.0 Å². The van der Waals surface area contributed by atoms with Gasteiger partial charge in [-0.05, 0) is 24.5 Å². The van der Waals surface area contributed by atoms with Crippen LogP contribution < -0.4 is 5.32 Å². The molecular weight excluding hydrogens is 288 g/mol. The SMILES string of the molecule is OC(c1ccccc1)C1(CNCc2cnc3ncccn23)CC1. The van der Waals surface area contributed by atoms with E-state index in [1.165, 1.54) is 0 Å². The number of benzene rings is 1. The van der Waals surface area contributed by atoms with Crippen LogP contribution in [0.5, 0.6) is 0 Å². The molecule has 2 aromatic heterocycles. The molecule has 1 aromatic carbocycles. The van der Waals surface area contributed by atoms with Crippen molar-refractivity contribution in [1.29, 1.82) is 0 Å². The van der Waals surface area contributed by atoms with E-state index in [2.05, 4.69) is 15.3 Å². The molecule has 1 aliphatic rings. The number of aromatic nitrogens is 3. The zero-order valence-electron chi connectivity index (χ0n) is 12.9. The molecule has 23 heavy (non-hydrogen) atoms. The average Bonchev–Trinajstić information content (AvgIpc) is 3.29. The number of aliphatic hydroxyl groups is 1. The Morgan fingerprint density at radius 3 is 2.78 bits per heavy atom. The highest BCUT2D eigenvalue weighted by atomic mass is 16.3. The molecule has 0 bridgehead atoms. The van der Waals surface area contributed by atoms with Crippen LogP contribution in [0.15, 0.2) is 55.0 Å². The van der Waals surface area contributed by atoms with E-state index in [0.29, 0.717) is 0 Å². The molecule has 5 heteroatoms. The number of imidazole rings is 1. The van der Waals surface area contributed by atoms with Crippen molar-refractivity contribution in [3.63, 3.8) is 0 Å². The highest BCUT2D eigenvalue weighted by Gasteiger charge is 2.48. The zero-order valence-corrected chi connectivity index (χ0v) is 12.9. The summed E-state index contributed by atoms with van der Waals surface area (Å²) in [5.74, 6) is 0.717. The molecule has 1 saturated carbocycles. The molecule has 1 fully saturated rings. The molecule has 0 spiro atoms. The summed E-state index contributed by atoms with van der Waals surface area (Å²) in [5, 5.41) is 14.2. The molecule has 1 atom stereocenters. The van der Waals surface area contributed by atoms with Gasteiger partial charge in [0.1, 0.15) is 0 Å². The third-order valence-electron chi connectivity index (χ3n) is 4.74. The van der Waals surface area contributed by atoms with Crippen molar-refractivity contribution in [2.45, 2.75) is 25.5 Å². The van der Waals surface area contributed by atoms with Crippen LogP contribution in [0, 0.1) is 5.41 Å². The van der Waals surface area contributed by atoms with Gasteiger partial charge < -0.3 is 10.4 Å². The lowest BCUT2D eigenvalue weighted by Gasteiger charge is -2.23. The van der Waals surface area contributed by atoms with E-state index in [1.54, 1.807) is 6.20 Å². The lowest BCUT2D eigenvalue weighted by molar-refractivity contribution is 0.0916. The summed E-state index contributed by atoms with van der Waals surface area (Å²) in [6, 6.07) is 11.8. The van der Waals surface area contributed by atoms with Crippen molar-refractivity contribution in [1.82, 2.24) is 19.7 Å². The second-order valence-electron chi connectivity index (χ2n) is 6.32. The molecule has 1 aliphatic carbocycles. The second-order valence-corrected chi connectivity index (χ2v) is 6.32. The van der Waals surface area contributed by atoms with Crippen molar-refractivity contribution >= 4 is 5.78 Å². The Morgan fingerprint density at radius 2 is 2.00 bits per heavy atom. The smallest absolute Gasteiger partial charge is 0.233 e. The van der Waals surface area contributed by atoms with Crippen LogP contribution in [0.3, 0.4) is 0 Å². The summed E-state index contributed by atoms with van der Waals surface area (Å²) in [6.07, 6.45) is 7.28. The molecule has 2 N–H and O–H groups in total. The largest absolute Gasteiger partial charge is 0.388 e. The number of hydrogen-bond acceptors (Lipinski definition) is 4. The van der Waals surface area contributed by atoms with Crippen molar-refractivity contribution < 1.29 is 5.11 Å². The number of rotatable bonds is 6. The minimum atomic E-state index is -0.403. The van der Waals surface area contributed by atoms with Gasteiger partial charge in [0.2, 0.25) is 5.78 Å². The fourth-order valence-corrected chi connectivity index (χ4v) is 3.14. The van der Waals surface area contributed by atoms with E-state index < -0.39 is 6.10 Å². The molecule has 0 saturated heterocycles. The number of aliphatic hydroxyl groups excluding tert-OH is 1. The maximum absolute atomic E-state index is 10.7. The van der Waals surface area contributed by atoms with Crippen LogP contribution in [0.1, 0.15) is 30.2 Å². The number of nitrogens with zero attached hydrogens (tertiary/aromatic N) is 3. The van der Waals surface area contributed by atoms with Crippen LogP contribution in [0.2, 0.25) is 0 Å². The third-order valence-corrected chi connectivity index (χ3v) is 4.74. The summed E-state index contributed by atoms with van der Waals surface area (Å²) in [7, 11) is 0. The van der Waals surface area contributed by atoms with Gasteiger partial charge >= 0.3 is 0 Å². The summed E-state index contributed by atoms with van der Waals surface area (Å²) >= 11 is 0. The third kappa shape index (κ3) is 2.73. The van der Waals surface area contributed by atoms with Gasteiger partial charge in [0, 0.05) is 30.9 Å². The fraction of sp³-hybridized carbons (Fsp3) is 0.333. The van der Waals surface area contributed by atoms with Gasteiger partial charge in [0.25, 0.3) is 0 Å². The van der Waals surface area contributed by atoms with Crippen LogP contribution in [0.25, 0.3) is 5.78 Å². The summed E-state index contributed by atoms with van der Waals surface area (Å²) in [6.45, 7) is 1.52. The maximum atomic E-state index is 10.7. The van der Waals surface area contributed by atoms with Crippen LogP contribution in [0.4, 0.5) is 0 Å². The number of fused-ring (bicyclic) bond motifs is 1. The maximum Gasteiger partial charge on any atom is 0.233 e. The number of hydrogen-bond donors (Lipinski definition) is 2. The fourth-order valence-electron chi connectivity index (χ4n) is 3.14. The average molecular weight is 308 g/mol.